The summed E-state index contributed by atoms with van der Waals surface area (Å²) < 4.78 is 31.9. The van der Waals surface area contributed by atoms with Gasteiger partial charge >= 0.3 is 0 Å². The maximum Gasteiger partial charge on any atom is 0.251 e. The number of nitrogens with one attached hydrogen (secondary N) is 1. The van der Waals surface area contributed by atoms with Crippen LogP contribution in [-0.4, -0.2) is 69.3 Å². The van der Waals surface area contributed by atoms with Crippen LogP contribution in [0.5, 0.6) is 5.75 Å². The van der Waals surface area contributed by atoms with Crippen LogP contribution in [0.1, 0.15) is 10.4 Å². The molecule has 1 N–H and O–H groups in total. The van der Waals surface area contributed by atoms with Gasteiger partial charge in [0.1, 0.15) is 10.6 Å². The first-order chi connectivity index (χ1) is 14.3. The van der Waals surface area contributed by atoms with Crippen molar-refractivity contribution < 1.29 is 22.7 Å². The van der Waals surface area contributed by atoms with Gasteiger partial charge in [0.2, 0.25) is 15.9 Å². The molecule has 2 aromatic rings. The van der Waals surface area contributed by atoms with Crippen LogP contribution in [0.2, 0.25) is 5.02 Å². The number of nitrogens with zero attached hydrogens (tertiary/aromatic N) is 2. The lowest BCUT2D eigenvalue weighted by Gasteiger charge is -2.34. The molecule has 1 fully saturated rings. The minimum absolute atomic E-state index is 0.0539. The molecule has 1 aliphatic rings. The van der Waals surface area contributed by atoms with Crippen molar-refractivity contribution in [3.63, 3.8) is 0 Å². The lowest BCUT2D eigenvalue weighted by atomic mass is 10.2. The summed E-state index contributed by atoms with van der Waals surface area (Å²) in [4.78, 5) is 26.2. The Hall–Kier alpha value is -2.62. The average Bonchev–Trinajstić information content (AvgIpc) is 2.77. The van der Waals surface area contributed by atoms with E-state index >= 15 is 0 Å². The monoisotopic (exact) mass is 451 g/mol. The first-order valence-electron chi connectivity index (χ1n) is 9.27. The standard InChI is InChI=1S/C20H22ClN3O5S/c1-29-16-8-6-15(7-9-16)20(26)22-14-19(25)23-10-12-24(13-11-23)30(27,28)18-5-3-2-4-17(18)21/h2-9H,10-14H2,1H3,(H,22,26). The van der Waals surface area contributed by atoms with E-state index in [2.05, 4.69) is 5.32 Å². The van der Waals surface area contributed by atoms with Crippen LogP contribution in [-0.2, 0) is 14.8 Å². The number of amides is 2. The van der Waals surface area contributed by atoms with Crippen LogP contribution in [0.3, 0.4) is 0 Å². The van der Waals surface area contributed by atoms with E-state index in [1.807, 2.05) is 0 Å². The van der Waals surface area contributed by atoms with Crippen molar-refractivity contribution in [2.75, 3.05) is 39.8 Å². The molecule has 1 heterocycles. The van der Waals surface area contributed by atoms with E-state index < -0.39 is 10.0 Å². The van der Waals surface area contributed by atoms with Gasteiger partial charge in [-0.1, -0.05) is 23.7 Å². The predicted molar refractivity (Wildman–Crippen MR) is 112 cm³/mol. The van der Waals surface area contributed by atoms with E-state index in [0.717, 1.165) is 0 Å². The molecule has 0 atom stereocenters. The predicted octanol–water partition coefficient (Wildman–Crippen LogP) is 1.61. The average molecular weight is 452 g/mol. The molecule has 160 valence electrons. The Morgan fingerprint density at radius 1 is 1.03 bits per heavy atom. The first-order valence-corrected chi connectivity index (χ1v) is 11.1. The van der Waals surface area contributed by atoms with Crippen molar-refractivity contribution in [2.45, 2.75) is 4.90 Å². The van der Waals surface area contributed by atoms with Gasteiger partial charge in [-0.15, -0.1) is 0 Å². The number of hydrogen-bond acceptors (Lipinski definition) is 5. The zero-order valence-corrected chi connectivity index (χ0v) is 17.9. The third-order valence-corrected chi connectivity index (χ3v) is 7.20. The van der Waals surface area contributed by atoms with Gasteiger partial charge in [0.25, 0.3) is 5.91 Å². The number of sulfonamides is 1. The van der Waals surface area contributed by atoms with Crippen LogP contribution in [0, 0.1) is 0 Å². The van der Waals surface area contributed by atoms with Gasteiger partial charge in [-0.05, 0) is 36.4 Å². The second-order valence-electron chi connectivity index (χ2n) is 6.63. The van der Waals surface area contributed by atoms with E-state index in [-0.39, 0.29) is 54.5 Å². The van der Waals surface area contributed by atoms with E-state index in [1.54, 1.807) is 36.4 Å². The van der Waals surface area contributed by atoms with Crippen molar-refractivity contribution in [2.24, 2.45) is 0 Å². The lowest BCUT2D eigenvalue weighted by Crippen LogP contribution is -2.52. The third kappa shape index (κ3) is 4.92. The second-order valence-corrected chi connectivity index (χ2v) is 8.94. The Balaban J connectivity index is 1.52. The van der Waals surface area contributed by atoms with Crippen molar-refractivity contribution >= 4 is 33.4 Å². The molecule has 0 spiro atoms. The van der Waals surface area contributed by atoms with Crippen LogP contribution >= 0.6 is 11.6 Å². The fourth-order valence-corrected chi connectivity index (χ4v) is 5.00. The second kappa shape index (κ2) is 9.46. The third-order valence-electron chi connectivity index (χ3n) is 4.80. The maximum atomic E-state index is 12.8. The molecule has 3 rings (SSSR count). The van der Waals surface area contributed by atoms with Crippen LogP contribution in [0.25, 0.3) is 0 Å². The van der Waals surface area contributed by atoms with Gasteiger partial charge in [-0.25, -0.2) is 8.42 Å². The Morgan fingerprint density at radius 2 is 1.67 bits per heavy atom. The van der Waals surface area contributed by atoms with Crippen molar-refractivity contribution in [3.8, 4) is 5.75 Å². The number of carbonyl (C=O) groups is 2. The van der Waals surface area contributed by atoms with E-state index in [4.69, 9.17) is 16.3 Å². The molecule has 8 nitrogen and oxygen atoms in total. The summed E-state index contributed by atoms with van der Waals surface area (Å²) in [6.45, 7) is 0.626. The smallest absolute Gasteiger partial charge is 0.251 e. The summed E-state index contributed by atoms with van der Waals surface area (Å²) >= 11 is 6.03. The van der Waals surface area contributed by atoms with Crippen molar-refractivity contribution in [1.29, 1.82) is 0 Å². The number of piperazine rings is 1. The Bertz CT molecular complexity index is 1020. The van der Waals surface area contributed by atoms with Gasteiger partial charge in [0.05, 0.1) is 18.7 Å². The number of rotatable bonds is 6. The van der Waals surface area contributed by atoms with Crippen LogP contribution in [0.15, 0.2) is 53.4 Å². The highest BCUT2D eigenvalue weighted by molar-refractivity contribution is 7.89. The summed E-state index contributed by atoms with van der Waals surface area (Å²) in [7, 11) is -2.19. The number of hydrogen-bond donors (Lipinski definition) is 1. The normalized spacial score (nSPS) is 14.9. The molecule has 1 aliphatic heterocycles. The summed E-state index contributed by atoms with van der Waals surface area (Å²) in [5, 5.41) is 2.75. The molecule has 1 saturated heterocycles. The quantitative estimate of drug-likeness (QED) is 0.719. The molecule has 0 bridgehead atoms. The molecule has 0 unspecified atom stereocenters. The summed E-state index contributed by atoms with van der Waals surface area (Å²) in [5.74, 6) is -0.00942. The summed E-state index contributed by atoms with van der Waals surface area (Å²) in [6.07, 6.45) is 0. The molecular formula is C20H22ClN3O5S. The molecule has 0 aromatic heterocycles. The van der Waals surface area contributed by atoms with Crippen LogP contribution < -0.4 is 10.1 Å². The number of methoxy groups -OCH3 is 1. The largest absolute Gasteiger partial charge is 0.497 e. The van der Waals surface area contributed by atoms with Crippen molar-refractivity contribution in [1.82, 2.24) is 14.5 Å². The Labute approximate surface area is 180 Å². The first kappa shape index (κ1) is 22.1. The summed E-state index contributed by atoms with van der Waals surface area (Å²) in [5.41, 5.74) is 0.416. The SMILES string of the molecule is COc1ccc(C(=O)NCC(=O)N2CCN(S(=O)(=O)c3ccccc3Cl)CC2)cc1. The highest BCUT2D eigenvalue weighted by Crippen LogP contribution is 2.25. The van der Waals surface area contributed by atoms with E-state index in [1.165, 1.54) is 28.4 Å². The zero-order chi connectivity index (χ0) is 21.7. The fourth-order valence-electron chi connectivity index (χ4n) is 3.08. The molecule has 30 heavy (non-hydrogen) atoms. The van der Waals surface area contributed by atoms with E-state index in [9.17, 15) is 18.0 Å². The van der Waals surface area contributed by atoms with Gasteiger partial charge in [0, 0.05) is 31.7 Å². The minimum Gasteiger partial charge on any atom is -0.497 e. The van der Waals surface area contributed by atoms with Gasteiger partial charge < -0.3 is 15.0 Å². The van der Waals surface area contributed by atoms with Gasteiger partial charge in [0.15, 0.2) is 0 Å². The van der Waals surface area contributed by atoms with Crippen molar-refractivity contribution in [3.05, 3.63) is 59.1 Å². The minimum atomic E-state index is -3.73. The van der Waals surface area contributed by atoms with E-state index in [0.29, 0.717) is 11.3 Å². The fraction of sp³-hybridized carbons (Fsp3) is 0.300. The van der Waals surface area contributed by atoms with Crippen LogP contribution in [0.4, 0.5) is 0 Å². The molecule has 0 aliphatic carbocycles. The lowest BCUT2D eigenvalue weighted by molar-refractivity contribution is -0.131. The number of ether oxygens (including phenoxy) is 1. The molecule has 10 heteroatoms. The summed E-state index contributed by atoms with van der Waals surface area (Å²) in [6, 6.07) is 12.8. The number of carbonyl (C=O) groups excluding carboxylic acids is 2. The van der Waals surface area contributed by atoms with Gasteiger partial charge in [-0.2, -0.15) is 4.31 Å². The Kier molecular flexibility index (Phi) is 6.96. The zero-order valence-electron chi connectivity index (χ0n) is 16.4. The molecule has 0 saturated carbocycles. The number of benzene rings is 2. The van der Waals surface area contributed by atoms with Gasteiger partial charge in [-0.3, -0.25) is 9.59 Å². The number of halogens is 1. The Morgan fingerprint density at radius 3 is 2.27 bits per heavy atom. The highest BCUT2D eigenvalue weighted by Gasteiger charge is 2.31. The molecule has 2 aromatic carbocycles. The topological polar surface area (TPSA) is 96.0 Å². The highest BCUT2D eigenvalue weighted by atomic mass is 35.5. The molecular weight excluding hydrogens is 430 g/mol. The maximum absolute atomic E-state index is 12.8. The molecule has 0 radical (unpaired) electrons. The molecule has 2 amide bonds.